The Hall–Kier alpha value is -3.15. The lowest BCUT2D eigenvalue weighted by Crippen LogP contribution is -1.73. The molecular formula is C26H53N5. The lowest BCUT2D eigenvalue weighted by molar-refractivity contribution is 1.11. The Morgan fingerprint density at radius 1 is 0.613 bits per heavy atom. The van der Waals surface area contributed by atoms with Crippen molar-refractivity contribution in [3.8, 4) is 30.0 Å². The maximum absolute atomic E-state index is 8.18. The number of hydrogen-bond donors (Lipinski definition) is 0. The Bertz CT molecular complexity index is 559. The second-order valence-electron chi connectivity index (χ2n) is 4.12. The number of azo groups is 1. The van der Waals surface area contributed by atoms with E-state index < -0.39 is 0 Å². The molecule has 0 aliphatic carbocycles. The summed E-state index contributed by atoms with van der Waals surface area (Å²) < 4.78 is 0. The summed E-state index contributed by atoms with van der Waals surface area (Å²) >= 11 is 0. The fraction of sp³-hybridized carbons (Fsp3) is 0.577. The maximum atomic E-state index is 8.18. The molecule has 0 unspecified atom stereocenters. The predicted molar refractivity (Wildman–Crippen MR) is 145 cm³/mol. The average molecular weight is 436 g/mol. The lowest BCUT2D eigenvalue weighted by Gasteiger charge is -1.81. The standard InChI is InChI=1S/C6H6N2.C5H7N.C4H8.C4H6.C2H6N2.5CH4/c1-5(3-7)6(2)4-8;1-3-5(2)4-6;3*1-3-4-2;;;;;/h1-2H3;3H,1-2H3;3-4H,1-2H3;2*1-2H3;5*1H4/b6-5+;5-3-;4-3+;;;;;;;. The van der Waals surface area contributed by atoms with Gasteiger partial charge in [0.05, 0.1) is 18.2 Å². The van der Waals surface area contributed by atoms with E-state index >= 15 is 0 Å². The minimum atomic E-state index is 0. The summed E-state index contributed by atoms with van der Waals surface area (Å²) in [5.74, 6) is 5.36. The summed E-state index contributed by atoms with van der Waals surface area (Å²) in [4.78, 5) is 0. The maximum Gasteiger partial charge on any atom is 0.0954 e. The summed E-state index contributed by atoms with van der Waals surface area (Å²) in [5, 5.41) is 31.1. The molecule has 0 saturated carbocycles. The summed E-state index contributed by atoms with van der Waals surface area (Å²) in [6.45, 7) is 14.5. The van der Waals surface area contributed by atoms with Crippen LogP contribution in [-0.4, -0.2) is 14.1 Å². The molecule has 182 valence electrons. The van der Waals surface area contributed by atoms with Gasteiger partial charge in [-0.25, -0.2) is 0 Å². The number of nitriles is 3. The monoisotopic (exact) mass is 435 g/mol. The molecule has 0 bridgehead atoms. The average Bonchev–Trinajstić information content (AvgIpc) is 2.72. The van der Waals surface area contributed by atoms with Gasteiger partial charge in [-0.05, 0) is 55.4 Å². The number of nitrogens with zero attached hydrogens (tertiary/aromatic N) is 5. The van der Waals surface area contributed by atoms with Crippen LogP contribution in [0.2, 0.25) is 0 Å². The van der Waals surface area contributed by atoms with Gasteiger partial charge in [-0.3, -0.25) is 0 Å². The van der Waals surface area contributed by atoms with Crippen LogP contribution in [0.3, 0.4) is 0 Å². The summed E-state index contributed by atoms with van der Waals surface area (Å²) in [6, 6.07) is 5.72. The van der Waals surface area contributed by atoms with Gasteiger partial charge in [0.25, 0.3) is 0 Å². The van der Waals surface area contributed by atoms with E-state index in [9.17, 15) is 0 Å². The zero-order chi connectivity index (χ0) is 21.8. The molecule has 5 nitrogen and oxygen atoms in total. The van der Waals surface area contributed by atoms with Crippen LogP contribution in [0.25, 0.3) is 0 Å². The molecule has 0 aromatic carbocycles. The van der Waals surface area contributed by atoms with Crippen LogP contribution < -0.4 is 0 Å². The molecule has 0 aromatic heterocycles. The first-order chi connectivity index (χ1) is 12.3. The van der Waals surface area contributed by atoms with Gasteiger partial charge < -0.3 is 0 Å². The fourth-order valence-electron chi connectivity index (χ4n) is 0.232. The molecule has 0 heterocycles. The van der Waals surface area contributed by atoms with Crippen molar-refractivity contribution in [2.24, 2.45) is 10.2 Å². The van der Waals surface area contributed by atoms with Crippen LogP contribution in [-0.2, 0) is 0 Å². The molecule has 0 saturated heterocycles. The van der Waals surface area contributed by atoms with E-state index in [0.717, 1.165) is 5.57 Å². The summed E-state index contributed by atoms with van der Waals surface area (Å²) in [7, 11) is 3.28. The predicted octanol–water partition coefficient (Wildman–Crippen LogP) is 9.34. The molecule has 0 rings (SSSR count). The highest BCUT2D eigenvalue weighted by atomic mass is 15.0. The van der Waals surface area contributed by atoms with Gasteiger partial charge in [-0.1, -0.05) is 55.4 Å². The highest BCUT2D eigenvalue weighted by Gasteiger charge is 1.89. The zero-order valence-electron chi connectivity index (χ0n) is 18.0. The van der Waals surface area contributed by atoms with Crippen molar-refractivity contribution in [2.45, 2.75) is 92.5 Å². The van der Waals surface area contributed by atoms with Crippen molar-refractivity contribution in [3.05, 3.63) is 34.9 Å². The first-order valence-corrected chi connectivity index (χ1v) is 7.87. The summed E-state index contributed by atoms with van der Waals surface area (Å²) in [5.41, 5.74) is 1.76. The Kier molecular flexibility index (Phi) is 145. The van der Waals surface area contributed by atoms with Crippen molar-refractivity contribution in [2.75, 3.05) is 14.1 Å². The first kappa shape index (κ1) is 63.0. The first-order valence-electron chi connectivity index (χ1n) is 7.87. The van der Waals surface area contributed by atoms with Crippen LogP contribution in [0, 0.1) is 45.8 Å². The Balaban J connectivity index is -0.0000000220. The second-order valence-corrected chi connectivity index (χ2v) is 4.12. The van der Waals surface area contributed by atoms with E-state index in [1.54, 1.807) is 40.9 Å². The third-order valence-electron chi connectivity index (χ3n) is 2.29. The van der Waals surface area contributed by atoms with E-state index in [1.807, 2.05) is 65.0 Å². The van der Waals surface area contributed by atoms with Crippen LogP contribution >= 0.6 is 0 Å². The number of hydrogen-bond acceptors (Lipinski definition) is 5. The van der Waals surface area contributed by atoms with Crippen LogP contribution in [0.1, 0.15) is 92.5 Å². The molecule has 0 atom stereocenters. The Labute approximate surface area is 197 Å². The van der Waals surface area contributed by atoms with Gasteiger partial charge in [0, 0.05) is 30.8 Å². The quantitative estimate of drug-likeness (QED) is 0.164. The fourth-order valence-corrected chi connectivity index (χ4v) is 0.232. The van der Waals surface area contributed by atoms with Crippen molar-refractivity contribution in [3.63, 3.8) is 0 Å². The van der Waals surface area contributed by atoms with Crippen molar-refractivity contribution >= 4 is 0 Å². The summed E-state index contributed by atoms with van der Waals surface area (Å²) in [6.07, 6.45) is 5.78. The van der Waals surface area contributed by atoms with Crippen molar-refractivity contribution in [1.82, 2.24) is 0 Å². The zero-order valence-corrected chi connectivity index (χ0v) is 18.0. The van der Waals surface area contributed by atoms with Crippen LogP contribution in [0.5, 0.6) is 0 Å². The third-order valence-corrected chi connectivity index (χ3v) is 2.29. The van der Waals surface area contributed by atoms with E-state index in [-0.39, 0.29) is 37.1 Å². The molecule has 0 aromatic rings. The van der Waals surface area contributed by atoms with Crippen LogP contribution in [0.15, 0.2) is 45.2 Å². The van der Waals surface area contributed by atoms with Gasteiger partial charge in [0.2, 0.25) is 0 Å². The minimum Gasteiger partial charge on any atom is -0.198 e. The van der Waals surface area contributed by atoms with Crippen molar-refractivity contribution < 1.29 is 0 Å². The van der Waals surface area contributed by atoms with Gasteiger partial charge >= 0.3 is 0 Å². The topological polar surface area (TPSA) is 96.1 Å². The lowest BCUT2D eigenvalue weighted by atomic mass is 10.2. The molecule has 0 aliphatic heterocycles. The van der Waals surface area contributed by atoms with E-state index in [2.05, 4.69) is 22.1 Å². The van der Waals surface area contributed by atoms with Crippen molar-refractivity contribution in [1.29, 1.82) is 15.8 Å². The van der Waals surface area contributed by atoms with E-state index in [0.29, 0.717) is 11.1 Å². The SMILES string of the molecule is C.C.C.C.C.C/C(C#N)=C(/C)C#N.C/C=C(/C)C#N.C/C=C/C.CC#CC.CN=NC. The Morgan fingerprint density at radius 2 is 0.871 bits per heavy atom. The number of allylic oxidation sites excluding steroid dienone is 6. The molecule has 0 N–H and O–H groups in total. The molecule has 31 heavy (non-hydrogen) atoms. The largest absolute Gasteiger partial charge is 0.198 e. The number of rotatable bonds is 0. The van der Waals surface area contributed by atoms with Gasteiger partial charge in [-0.2, -0.15) is 26.0 Å². The smallest absolute Gasteiger partial charge is 0.0954 e. The molecule has 0 fully saturated rings. The van der Waals surface area contributed by atoms with E-state index in [4.69, 9.17) is 15.8 Å². The Morgan fingerprint density at radius 3 is 0.903 bits per heavy atom. The third kappa shape index (κ3) is 118. The molecule has 5 heteroatoms. The molecule has 0 radical (unpaired) electrons. The molecular weight excluding hydrogens is 382 g/mol. The van der Waals surface area contributed by atoms with Gasteiger partial charge in [0.1, 0.15) is 0 Å². The minimum absolute atomic E-state index is 0. The molecule has 0 aliphatic rings. The normalized spacial score (nSPS) is 7.77. The van der Waals surface area contributed by atoms with E-state index in [1.165, 1.54) is 0 Å². The van der Waals surface area contributed by atoms with Crippen LogP contribution in [0.4, 0.5) is 0 Å². The highest BCUT2D eigenvalue weighted by Crippen LogP contribution is 1.97. The second kappa shape index (κ2) is 71.4. The van der Waals surface area contributed by atoms with Gasteiger partial charge in [0.15, 0.2) is 0 Å². The molecule has 0 spiro atoms. The van der Waals surface area contributed by atoms with Gasteiger partial charge in [-0.15, -0.1) is 11.8 Å². The highest BCUT2D eigenvalue weighted by molar-refractivity contribution is 5.32. The molecule has 0 amide bonds.